The molecule has 0 aromatic heterocycles. The number of nitrogens with one attached hydrogen (secondary N) is 2. The summed E-state index contributed by atoms with van der Waals surface area (Å²) in [5.41, 5.74) is 1.46. The van der Waals surface area contributed by atoms with Crippen LogP contribution in [-0.2, 0) is 13.1 Å². The molecule has 0 aliphatic carbocycles. The number of aliphatic imine (C=N–C) groups is 1. The highest BCUT2D eigenvalue weighted by atomic mass is 19.4. The van der Waals surface area contributed by atoms with E-state index in [9.17, 15) is 13.2 Å². The van der Waals surface area contributed by atoms with Gasteiger partial charge in [-0.3, -0.25) is 4.99 Å². The van der Waals surface area contributed by atoms with Crippen molar-refractivity contribution >= 4 is 5.96 Å². The quantitative estimate of drug-likeness (QED) is 0.649. The van der Waals surface area contributed by atoms with Crippen LogP contribution >= 0.6 is 0 Å². The van der Waals surface area contributed by atoms with Crippen molar-refractivity contribution in [2.75, 3.05) is 7.05 Å². The van der Waals surface area contributed by atoms with Crippen molar-refractivity contribution in [3.05, 3.63) is 65.7 Å². The second-order valence-corrected chi connectivity index (χ2v) is 4.92. The summed E-state index contributed by atoms with van der Waals surface area (Å²) in [6, 6.07) is 15.7. The van der Waals surface area contributed by atoms with Gasteiger partial charge in [0.2, 0.25) is 0 Å². The van der Waals surface area contributed by atoms with Crippen LogP contribution < -0.4 is 15.4 Å². The Morgan fingerprint density at radius 2 is 1.58 bits per heavy atom. The molecule has 0 amide bonds. The lowest BCUT2D eigenvalue weighted by Gasteiger charge is -2.15. The summed E-state index contributed by atoms with van der Waals surface area (Å²) in [7, 11) is 1.60. The lowest BCUT2D eigenvalue weighted by molar-refractivity contribution is -0.274. The van der Waals surface area contributed by atoms with Crippen LogP contribution in [0.15, 0.2) is 59.6 Å². The maximum absolute atomic E-state index is 12.4. The highest BCUT2D eigenvalue weighted by molar-refractivity contribution is 5.79. The number of guanidine groups is 1. The summed E-state index contributed by atoms with van der Waals surface area (Å²) in [6.07, 6.45) is -4.72. The summed E-state index contributed by atoms with van der Waals surface area (Å²) >= 11 is 0. The molecule has 0 heterocycles. The number of ether oxygens (including phenoxy) is 1. The van der Waals surface area contributed by atoms with E-state index in [4.69, 9.17) is 0 Å². The van der Waals surface area contributed by atoms with Gasteiger partial charge in [-0.15, -0.1) is 13.2 Å². The molecule has 2 aromatic rings. The van der Waals surface area contributed by atoms with Gasteiger partial charge in [0.1, 0.15) is 5.75 Å². The molecule has 0 fully saturated rings. The third-order valence-electron chi connectivity index (χ3n) is 3.17. The SMILES string of the molecule is CN=C(NCc1ccccc1)NCc1ccccc1OC(F)(F)F. The van der Waals surface area contributed by atoms with Gasteiger partial charge in [0, 0.05) is 25.7 Å². The third kappa shape index (κ3) is 5.83. The Kier molecular flexibility index (Phi) is 6.06. The van der Waals surface area contributed by atoms with Gasteiger partial charge in [0.25, 0.3) is 0 Å². The molecular weight excluding hydrogens is 319 g/mol. The summed E-state index contributed by atoms with van der Waals surface area (Å²) in [4.78, 5) is 4.05. The van der Waals surface area contributed by atoms with Crippen molar-refractivity contribution in [1.82, 2.24) is 10.6 Å². The monoisotopic (exact) mass is 337 g/mol. The molecule has 24 heavy (non-hydrogen) atoms. The molecule has 2 rings (SSSR count). The Balaban J connectivity index is 1.94. The van der Waals surface area contributed by atoms with E-state index in [1.54, 1.807) is 19.2 Å². The van der Waals surface area contributed by atoms with Gasteiger partial charge in [0.15, 0.2) is 5.96 Å². The maximum atomic E-state index is 12.4. The first-order valence-corrected chi connectivity index (χ1v) is 7.30. The van der Waals surface area contributed by atoms with Crippen LogP contribution in [0, 0.1) is 0 Å². The van der Waals surface area contributed by atoms with Crippen molar-refractivity contribution in [3.8, 4) is 5.75 Å². The van der Waals surface area contributed by atoms with Crippen molar-refractivity contribution in [2.24, 2.45) is 4.99 Å². The van der Waals surface area contributed by atoms with E-state index in [1.807, 2.05) is 30.3 Å². The molecule has 128 valence electrons. The normalized spacial score (nSPS) is 11.9. The number of rotatable bonds is 5. The number of halogens is 3. The Hall–Kier alpha value is -2.70. The first-order chi connectivity index (χ1) is 11.5. The first-order valence-electron chi connectivity index (χ1n) is 7.30. The second kappa shape index (κ2) is 8.24. The molecule has 0 radical (unpaired) electrons. The van der Waals surface area contributed by atoms with Gasteiger partial charge in [-0.25, -0.2) is 0 Å². The highest BCUT2D eigenvalue weighted by Crippen LogP contribution is 2.25. The molecule has 0 saturated heterocycles. The average Bonchev–Trinajstić information content (AvgIpc) is 2.56. The van der Waals surface area contributed by atoms with Crippen LogP contribution in [-0.4, -0.2) is 19.4 Å². The molecule has 7 heteroatoms. The minimum atomic E-state index is -4.72. The standard InChI is InChI=1S/C17H18F3N3O/c1-21-16(22-11-13-7-3-2-4-8-13)23-12-14-9-5-6-10-15(14)24-17(18,19)20/h2-10H,11-12H2,1H3,(H2,21,22,23). The number of para-hydroxylation sites is 1. The lowest BCUT2D eigenvalue weighted by atomic mass is 10.2. The van der Waals surface area contributed by atoms with Gasteiger partial charge >= 0.3 is 6.36 Å². The van der Waals surface area contributed by atoms with Crippen LogP contribution in [0.2, 0.25) is 0 Å². The zero-order valence-corrected chi connectivity index (χ0v) is 13.1. The van der Waals surface area contributed by atoms with E-state index in [-0.39, 0.29) is 12.3 Å². The summed E-state index contributed by atoms with van der Waals surface area (Å²) in [5, 5.41) is 6.07. The Bertz CT molecular complexity index is 672. The minimum absolute atomic E-state index is 0.153. The number of benzene rings is 2. The minimum Gasteiger partial charge on any atom is -0.405 e. The largest absolute Gasteiger partial charge is 0.573 e. The van der Waals surface area contributed by atoms with E-state index >= 15 is 0 Å². The lowest BCUT2D eigenvalue weighted by Crippen LogP contribution is -2.36. The molecular formula is C17H18F3N3O. The number of hydrogen-bond donors (Lipinski definition) is 2. The van der Waals surface area contributed by atoms with Gasteiger partial charge in [-0.1, -0.05) is 48.5 Å². The molecule has 0 aliphatic heterocycles. The fourth-order valence-corrected chi connectivity index (χ4v) is 2.06. The van der Waals surface area contributed by atoms with E-state index < -0.39 is 6.36 Å². The average molecular weight is 337 g/mol. The second-order valence-electron chi connectivity index (χ2n) is 4.92. The smallest absolute Gasteiger partial charge is 0.405 e. The molecule has 0 bridgehead atoms. The number of alkyl halides is 3. The number of nitrogens with zero attached hydrogens (tertiary/aromatic N) is 1. The van der Waals surface area contributed by atoms with Crippen LogP contribution in [0.4, 0.5) is 13.2 Å². The van der Waals surface area contributed by atoms with E-state index in [1.165, 1.54) is 12.1 Å². The topological polar surface area (TPSA) is 45.7 Å². The van der Waals surface area contributed by atoms with Crippen molar-refractivity contribution in [2.45, 2.75) is 19.5 Å². The van der Waals surface area contributed by atoms with Crippen molar-refractivity contribution in [3.63, 3.8) is 0 Å². The highest BCUT2D eigenvalue weighted by Gasteiger charge is 2.31. The molecule has 2 N–H and O–H groups in total. The van der Waals surface area contributed by atoms with Crippen molar-refractivity contribution in [1.29, 1.82) is 0 Å². The van der Waals surface area contributed by atoms with Crippen LogP contribution in [0.3, 0.4) is 0 Å². The number of hydrogen-bond acceptors (Lipinski definition) is 2. The Morgan fingerprint density at radius 1 is 0.958 bits per heavy atom. The fourth-order valence-electron chi connectivity index (χ4n) is 2.06. The molecule has 2 aromatic carbocycles. The summed E-state index contributed by atoms with van der Waals surface area (Å²) < 4.78 is 41.3. The molecule has 4 nitrogen and oxygen atoms in total. The predicted octanol–water partition coefficient (Wildman–Crippen LogP) is 3.45. The zero-order chi connectivity index (χ0) is 17.4. The van der Waals surface area contributed by atoms with Crippen LogP contribution in [0.5, 0.6) is 5.75 Å². The Labute approximate surface area is 138 Å². The van der Waals surface area contributed by atoms with Crippen LogP contribution in [0.25, 0.3) is 0 Å². The Morgan fingerprint density at radius 3 is 2.25 bits per heavy atom. The molecule has 0 atom stereocenters. The maximum Gasteiger partial charge on any atom is 0.573 e. The van der Waals surface area contributed by atoms with Gasteiger partial charge in [-0.2, -0.15) is 0 Å². The van der Waals surface area contributed by atoms with E-state index in [0.717, 1.165) is 5.56 Å². The summed E-state index contributed by atoms with van der Waals surface area (Å²) in [6.45, 7) is 0.710. The zero-order valence-electron chi connectivity index (χ0n) is 13.1. The van der Waals surface area contributed by atoms with Crippen LogP contribution in [0.1, 0.15) is 11.1 Å². The third-order valence-corrected chi connectivity index (χ3v) is 3.17. The van der Waals surface area contributed by atoms with Gasteiger partial charge in [0.05, 0.1) is 0 Å². The molecule has 0 unspecified atom stereocenters. The first kappa shape index (κ1) is 17.7. The van der Waals surface area contributed by atoms with Gasteiger partial charge in [-0.05, 0) is 11.6 Å². The molecule has 0 aliphatic rings. The van der Waals surface area contributed by atoms with E-state index in [2.05, 4.69) is 20.4 Å². The predicted molar refractivity (Wildman–Crippen MR) is 86.6 cm³/mol. The summed E-state index contributed by atoms with van der Waals surface area (Å²) in [5.74, 6) is 0.261. The fraction of sp³-hybridized carbons (Fsp3) is 0.235. The molecule has 0 saturated carbocycles. The van der Waals surface area contributed by atoms with Crippen molar-refractivity contribution < 1.29 is 17.9 Å². The molecule has 0 spiro atoms. The van der Waals surface area contributed by atoms with E-state index in [0.29, 0.717) is 18.1 Å². The van der Waals surface area contributed by atoms with Gasteiger partial charge < -0.3 is 15.4 Å².